The lowest BCUT2D eigenvalue weighted by molar-refractivity contribution is 0.0665. The summed E-state index contributed by atoms with van der Waals surface area (Å²) in [5, 5.41) is 0. The highest BCUT2D eigenvalue weighted by molar-refractivity contribution is 6.27. The molecule has 0 aliphatic rings. The molecule has 8 heavy (non-hydrogen) atoms. The van der Waals surface area contributed by atoms with Crippen LogP contribution in [0.15, 0.2) is 0 Å². The zero-order valence-electron chi connectivity index (χ0n) is 5.03. The minimum absolute atomic E-state index is 0.163. The highest BCUT2D eigenvalue weighted by Gasteiger charge is 2.02. The van der Waals surface area contributed by atoms with Gasteiger partial charge in [-0.15, -0.1) is 11.6 Å². The standard InChI is InChI=1S/C5H10Cl2O/c1-4(2)8-5(7)3-6/h4-5H,3H2,1-2H3. The van der Waals surface area contributed by atoms with E-state index in [0.29, 0.717) is 5.88 Å². The van der Waals surface area contributed by atoms with Crippen LogP contribution in [-0.4, -0.2) is 17.5 Å². The fourth-order valence-electron chi connectivity index (χ4n) is 0.332. The zero-order chi connectivity index (χ0) is 6.57. The van der Waals surface area contributed by atoms with Crippen molar-refractivity contribution in [3.8, 4) is 0 Å². The molecule has 3 heteroatoms. The van der Waals surface area contributed by atoms with Crippen molar-refractivity contribution >= 4 is 23.2 Å². The van der Waals surface area contributed by atoms with E-state index in [-0.39, 0.29) is 11.7 Å². The average molecular weight is 157 g/mol. The number of rotatable bonds is 3. The van der Waals surface area contributed by atoms with Gasteiger partial charge in [-0.1, -0.05) is 11.6 Å². The van der Waals surface area contributed by atoms with E-state index in [9.17, 15) is 0 Å². The SMILES string of the molecule is CC(C)OC(Cl)CCl. The summed E-state index contributed by atoms with van der Waals surface area (Å²) in [4.78, 5) is 0. The maximum Gasteiger partial charge on any atom is 0.144 e. The Kier molecular flexibility index (Phi) is 4.72. The monoisotopic (exact) mass is 156 g/mol. The third-order valence-corrected chi connectivity index (χ3v) is 1.24. The molecule has 0 heterocycles. The molecule has 0 aromatic rings. The second-order valence-electron chi connectivity index (χ2n) is 1.75. The Bertz CT molecular complexity index is 56.4. The summed E-state index contributed by atoms with van der Waals surface area (Å²) < 4.78 is 5.03. The third kappa shape index (κ3) is 4.69. The van der Waals surface area contributed by atoms with Gasteiger partial charge in [0, 0.05) is 0 Å². The van der Waals surface area contributed by atoms with Gasteiger partial charge < -0.3 is 4.74 Å². The molecule has 0 aromatic heterocycles. The maximum atomic E-state index is 5.51. The number of hydrogen-bond acceptors (Lipinski definition) is 1. The first-order valence-electron chi connectivity index (χ1n) is 2.52. The minimum Gasteiger partial charge on any atom is -0.359 e. The molecule has 0 aromatic carbocycles. The second-order valence-corrected chi connectivity index (χ2v) is 2.54. The highest BCUT2D eigenvalue weighted by atomic mass is 35.5. The van der Waals surface area contributed by atoms with E-state index in [2.05, 4.69) is 0 Å². The summed E-state index contributed by atoms with van der Waals surface area (Å²) in [7, 11) is 0. The summed E-state index contributed by atoms with van der Waals surface area (Å²) in [6, 6.07) is 0. The summed E-state index contributed by atoms with van der Waals surface area (Å²) in [6.45, 7) is 3.84. The number of alkyl halides is 2. The van der Waals surface area contributed by atoms with Crippen molar-refractivity contribution in [2.75, 3.05) is 5.88 Å². The minimum atomic E-state index is -0.336. The van der Waals surface area contributed by atoms with Crippen molar-refractivity contribution in [3.63, 3.8) is 0 Å². The lowest BCUT2D eigenvalue weighted by Crippen LogP contribution is -2.12. The van der Waals surface area contributed by atoms with Crippen LogP contribution in [-0.2, 0) is 4.74 Å². The zero-order valence-corrected chi connectivity index (χ0v) is 6.54. The number of halogens is 2. The molecule has 1 atom stereocenters. The van der Waals surface area contributed by atoms with Gasteiger partial charge in [0.05, 0.1) is 12.0 Å². The van der Waals surface area contributed by atoms with Gasteiger partial charge in [-0.05, 0) is 13.8 Å². The van der Waals surface area contributed by atoms with Gasteiger partial charge in [-0.25, -0.2) is 0 Å². The normalized spacial score (nSPS) is 14.6. The predicted octanol–water partition coefficient (Wildman–Crippen LogP) is 2.22. The van der Waals surface area contributed by atoms with E-state index in [1.165, 1.54) is 0 Å². The molecule has 1 nitrogen and oxygen atoms in total. The fourth-order valence-corrected chi connectivity index (χ4v) is 0.610. The van der Waals surface area contributed by atoms with Gasteiger partial charge in [0.2, 0.25) is 0 Å². The van der Waals surface area contributed by atoms with E-state index in [0.717, 1.165) is 0 Å². The topological polar surface area (TPSA) is 9.23 Å². The third-order valence-electron chi connectivity index (χ3n) is 0.541. The molecule has 0 spiro atoms. The van der Waals surface area contributed by atoms with E-state index < -0.39 is 0 Å². The fraction of sp³-hybridized carbons (Fsp3) is 1.00. The Morgan fingerprint density at radius 3 is 2.12 bits per heavy atom. The molecule has 50 valence electrons. The van der Waals surface area contributed by atoms with Crippen LogP contribution in [0.3, 0.4) is 0 Å². The van der Waals surface area contributed by atoms with Crippen molar-refractivity contribution < 1.29 is 4.74 Å². The maximum absolute atomic E-state index is 5.51. The van der Waals surface area contributed by atoms with Gasteiger partial charge >= 0.3 is 0 Å². The lowest BCUT2D eigenvalue weighted by Gasteiger charge is -2.09. The van der Waals surface area contributed by atoms with Crippen LogP contribution in [0.1, 0.15) is 13.8 Å². The summed E-state index contributed by atoms with van der Waals surface area (Å²) >= 11 is 10.8. The van der Waals surface area contributed by atoms with Crippen LogP contribution in [0.4, 0.5) is 0 Å². The van der Waals surface area contributed by atoms with Crippen molar-refractivity contribution in [3.05, 3.63) is 0 Å². The van der Waals surface area contributed by atoms with Crippen molar-refractivity contribution in [2.45, 2.75) is 25.5 Å². The van der Waals surface area contributed by atoms with E-state index in [1.54, 1.807) is 0 Å². The molecule has 0 saturated heterocycles. The van der Waals surface area contributed by atoms with E-state index in [4.69, 9.17) is 27.9 Å². The van der Waals surface area contributed by atoms with Crippen molar-refractivity contribution in [2.24, 2.45) is 0 Å². The molecule has 0 N–H and O–H groups in total. The smallest absolute Gasteiger partial charge is 0.144 e. The van der Waals surface area contributed by atoms with E-state index in [1.807, 2.05) is 13.8 Å². The Balaban J connectivity index is 3.10. The Hall–Kier alpha value is 0.540. The highest BCUT2D eigenvalue weighted by Crippen LogP contribution is 2.03. The van der Waals surface area contributed by atoms with Crippen LogP contribution in [0.25, 0.3) is 0 Å². The molecule has 0 amide bonds. The molecule has 0 aliphatic carbocycles. The second kappa shape index (κ2) is 4.42. The molecular formula is C5H10Cl2O. The molecule has 0 radical (unpaired) electrons. The van der Waals surface area contributed by atoms with Gasteiger partial charge in [0.1, 0.15) is 5.56 Å². The average Bonchev–Trinajstić information content (AvgIpc) is 1.65. The molecule has 0 fully saturated rings. The van der Waals surface area contributed by atoms with Crippen LogP contribution in [0, 0.1) is 0 Å². The van der Waals surface area contributed by atoms with Gasteiger partial charge in [-0.2, -0.15) is 0 Å². The summed E-state index contributed by atoms with van der Waals surface area (Å²) in [6.07, 6.45) is 0.163. The molecule has 1 unspecified atom stereocenters. The summed E-state index contributed by atoms with van der Waals surface area (Å²) in [5.74, 6) is 0.347. The van der Waals surface area contributed by atoms with Crippen LogP contribution >= 0.6 is 23.2 Å². The quantitative estimate of drug-likeness (QED) is 0.570. The summed E-state index contributed by atoms with van der Waals surface area (Å²) in [5.41, 5.74) is -0.336. The first-order valence-corrected chi connectivity index (χ1v) is 3.49. The van der Waals surface area contributed by atoms with E-state index >= 15 is 0 Å². The van der Waals surface area contributed by atoms with Crippen LogP contribution in [0.5, 0.6) is 0 Å². The van der Waals surface area contributed by atoms with Gasteiger partial charge in [0.15, 0.2) is 0 Å². The van der Waals surface area contributed by atoms with Crippen molar-refractivity contribution in [1.82, 2.24) is 0 Å². The van der Waals surface area contributed by atoms with Crippen LogP contribution < -0.4 is 0 Å². The Morgan fingerprint density at radius 1 is 1.50 bits per heavy atom. The number of ether oxygens (including phenoxy) is 1. The van der Waals surface area contributed by atoms with Crippen LogP contribution in [0.2, 0.25) is 0 Å². The molecule has 0 saturated carbocycles. The molecule has 0 aliphatic heterocycles. The molecular weight excluding hydrogens is 147 g/mol. The molecule has 0 rings (SSSR count). The van der Waals surface area contributed by atoms with Gasteiger partial charge in [-0.3, -0.25) is 0 Å². The Labute approximate surface area is 59.9 Å². The van der Waals surface area contributed by atoms with Gasteiger partial charge in [0.25, 0.3) is 0 Å². The first kappa shape index (κ1) is 8.54. The lowest BCUT2D eigenvalue weighted by atomic mass is 10.5. The first-order chi connectivity index (χ1) is 3.66. The Morgan fingerprint density at radius 2 is 2.00 bits per heavy atom. The predicted molar refractivity (Wildman–Crippen MR) is 36.6 cm³/mol. The molecule has 0 bridgehead atoms. The van der Waals surface area contributed by atoms with Crippen molar-refractivity contribution in [1.29, 1.82) is 0 Å². The largest absolute Gasteiger partial charge is 0.359 e. The number of hydrogen-bond donors (Lipinski definition) is 0.